The molecule has 0 aromatic carbocycles. The van der Waals surface area contributed by atoms with Crippen molar-refractivity contribution in [1.29, 1.82) is 0 Å². The Hall–Kier alpha value is -0.680. The van der Waals surface area contributed by atoms with Crippen LogP contribution in [0.5, 0.6) is 0 Å². The third-order valence-electron chi connectivity index (χ3n) is 2.99. The monoisotopic (exact) mass is 224 g/mol. The molecule has 3 rings (SSSR count). The molecule has 1 aromatic heterocycles. The molecule has 4 nitrogen and oxygen atoms in total. The van der Waals surface area contributed by atoms with Crippen molar-refractivity contribution < 1.29 is 0 Å². The second-order valence-electron chi connectivity index (χ2n) is 4.39. The van der Waals surface area contributed by atoms with E-state index in [1.54, 1.807) is 0 Å². The second kappa shape index (κ2) is 4.06. The Balaban J connectivity index is 1.60. The van der Waals surface area contributed by atoms with Crippen molar-refractivity contribution in [2.45, 2.75) is 38.0 Å². The van der Waals surface area contributed by atoms with E-state index in [4.69, 9.17) is 0 Å². The molecule has 1 N–H and O–H groups in total. The zero-order valence-electron chi connectivity index (χ0n) is 8.78. The summed E-state index contributed by atoms with van der Waals surface area (Å²) in [5.41, 5.74) is 3.36. The molecule has 1 saturated heterocycles. The molecular formula is C10H16N4S. The summed E-state index contributed by atoms with van der Waals surface area (Å²) in [5, 5.41) is 3.24. The van der Waals surface area contributed by atoms with Crippen LogP contribution >= 0.6 is 11.5 Å². The van der Waals surface area contributed by atoms with E-state index in [1.165, 1.54) is 43.6 Å². The molecule has 0 unspecified atom stereocenters. The van der Waals surface area contributed by atoms with E-state index in [1.807, 2.05) is 0 Å². The molecule has 1 aliphatic heterocycles. The van der Waals surface area contributed by atoms with Gasteiger partial charge in [-0.05, 0) is 25.7 Å². The molecule has 2 heterocycles. The zero-order valence-corrected chi connectivity index (χ0v) is 9.59. The minimum atomic E-state index is 0.665. The van der Waals surface area contributed by atoms with Crippen LogP contribution < -0.4 is 5.43 Å². The molecule has 15 heavy (non-hydrogen) atoms. The molecule has 0 atom stereocenters. The summed E-state index contributed by atoms with van der Waals surface area (Å²) in [6.07, 6.45) is 6.50. The maximum absolute atomic E-state index is 4.52. The SMILES string of the molecule is C1CCN(Nc2nc(C3CC3)ns2)CC1. The largest absolute Gasteiger partial charge is 0.293 e. The highest BCUT2D eigenvalue weighted by atomic mass is 32.1. The van der Waals surface area contributed by atoms with E-state index in [9.17, 15) is 0 Å². The van der Waals surface area contributed by atoms with E-state index < -0.39 is 0 Å². The normalized spacial score (nSPS) is 22.9. The van der Waals surface area contributed by atoms with Crippen LogP contribution in [0.3, 0.4) is 0 Å². The van der Waals surface area contributed by atoms with Crippen LogP contribution in [0.25, 0.3) is 0 Å². The molecule has 82 valence electrons. The summed E-state index contributed by atoms with van der Waals surface area (Å²) in [4.78, 5) is 4.52. The van der Waals surface area contributed by atoms with E-state index in [0.29, 0.717) is 5.92 Å². The predicted molar refractivity (Wildman–Crippen MR) is 60.9 cm³/mol. The highest BCUT2D eigenvalue weighted by Gasteiger charge is 2.28. The number of anilines is 1. The predicted octanol–water partition coefficient (Wildman–Crippen LogP) is 2.23. The van der Waals surface area contributed by atoms with Gasteiger partial charge in [-0.2, -0.15) is 4.37 Å². The van der Waals surface area contributed by atoms with Crippen LogP contribution in [-0.4, -0.2) is 27.5 Å². The minimum absolute atomic E-state index is 0.665. The number of aromatic nitrogens is 2. The smallest absolute Gasteiger partial charge is 0.217 e. The highest BCUT2D eigenvalue weighted by molar-refractivity contribution is 7.09. The van der Waals surface area contributed by atoms with E-state index in [2.05, 4.69) is 19.8 Å². The summed E-state index contributed by atoms with van der Waals surface area (Å²) in [7, 11) is 0. The molecule has 5 heteroatoms. The standard InChI is InChI=1S/C10H16N4S/c1-2-6-14(7-3-1)12-10-11-9(13-15-10)8-4-5-8/h8H,1-7H2,(H,11,12,13). The molecule has 2 fully saturated rings. The average Bonchev–Trinajstić information content (AvgIpc) is 3.02. The van der Waals surface area contributed by atoms with E-state index >= 15 is 0 Å². The molecule has 0 radical (unpaired) electrons. The third-order valence-corrected chi connectivity index (χ3v) is 3.63. The number of piperidine rings is 1. The first-order valence-corrected chi connectivity index (χ1v) is 6.54. The maximum atomic E-state index is 4.52. The topological polar surface area (TPSA) is 41.0 Å². The number of rotatable bonds is 3. The van der Waals surface area contributed by atoms with Crippen molar-refractivity contribution in [3.8, 4) is 0 Å². The van der Waals surface area contributed by atoms with Crippen LogP contribution in [0, 0.1) is 0 Å². The highest BCUT2D eigenvalue weighted by Crippen LogP contribution is 2.39. The first kappa shape index (κ1) is 9.54. The number of hydrazine groups is 1. The van der Waals surface area contributed by atoms with Crippen molar-refractivity contribution in [1.82, 2.24) is 14.4 Å². The van der Waals surface area contributed by atoms with Gasteiger partial charge in [0.2, 0.25) is 5.13 Å². The van der Waals surface area contributed by atoms with Gasteiger partial charge in [-0.25, -0.2) is 9.99 Å². The Labute approximate surface area is 93.8 Å². The lowest BCUT2D eigenvalue weighted by Gasteiger charge is -2.26. The van der Waals surface area contributed by atoms with Gasteiger partial charge in [0, 0.05) is 30.5 Å². The molecule has 0 bridgehead atoms. The van der Waals surface area contributed by atoms with Gasteiger partial charge in [-0.15, -0.1) is 0 Å². The second-order valence-corrected chi connectivity index (χ2v) is 5.14. The molecule has 2 aliphatic rings. The molecule has 1 aromatic rings. The van der Waals surface area contributed by atoms with Gasteiger partial charge in [0.1, 0.15) is 5.82 Å². The van der Waals surface area contributed by atoms with Gasteiger partial charge in [0.05, 0.1) is 0 Å². The van der Waals surface area contributed by atoms with Crippen LogP contribution in [0.2, 0.25) is 0 Å². The lowest BCUT2D eigenvalue weighted by molar-refractivity contribution is 0.273. The fourth-order valence-electron chi connectivity index (χ4n) is 1.93. The van der Waals surface area contributed by atoms with Gasteiger partial charge in [-0.1, -0.05) is 6.42 Å². The average molecular weight is 224 g/mol. The van der Waals surface area contributed by atoms with Gasteiger partial charge >= 0.3 is 0 Å². The van der Waals surface area contributed by atoms with Crippen molar-refractivity contribution in [2.24, 2.45) is 0 Å². The Bertz CT molecular complexity index is 328. The zero-order chi connectivity index (χ0) is 10.1. The number of nitrogens with one attached hydrogen (secondary N) is 1. The molecular weight excluding hydrogens is 208 g/mol. The van der Waals surface area contributed by atoms with Gasteiger partial charge < -0.3 is 0 Å². The van der Waals surface area contributed by atoms with Crippen molar-refractivity contribution in [3.05, 3.63) is 5.82 Å². The third kappa shape index (κ3) is 2.29. The summed E-state index contributed by atoms with van der Waals surface area (Å²) < 4.78 is 4.39. The Morgan fingerprint density at radius 3 is 2.73 bits per heavy atom. The molecule has 1 aliphatic carbocycles. The summed E-state index contributed by atoms with van der Waals surface area (Å²) >= 11 is 1.50. The van der Waals surface area contributed by atoms with E-state index in [0.717, 1.165) is 24.0 Å². The first-order chi connectivity index (χ1) is 7.42. The van der Waals surface area contributed by atoms with E-state index in [-0.39, 0.29) is 0 Å². The van der Waals surface area contributed by atoms with Gasteiger partial charge in [0.15, 0.2) is 0 Å². The van der Waals surface area contributed by atoms with Crippen molar-refractivity contribution >= 4 is 16.7 Å². The lowest BCUT2D eigenvalue weighted by Crippen LogP contribution is -2.34. The minimum Gasteiger partial charge on any atom is -0.293 e. The van der Waals surface area contributed by atoms with Crippen LogP contribution in [0.4, 0.5) is 5.13 Å². The number of hydrogen-bond donors (Lipinski definition) is 1. The Morgan fingerprint density at radius 2 is 2.00 bits per heavy atom. The molecule has 0 spiro atoms. The van der Waals surface area contributed by atoms with Crippen LogP contribution in [-0.2, 0) is 0 Å². The van der Waals surface area contributed by atoms with Gasteiger partial charge in [-0.3, -0.25) is 5.43 Å². The summed E-state index contributed by atoms with van der Waals surface area (Å²) in [6, 6.07) is 0. The fraction of sp³-hybridized carbons (Fsp3) is 0.800. The van der Waals surface area contributed by atoms with Crippen molar-refractivity contribution in [2.75, 3.05) is 18.5 Å². The van der Waals surface area contributed by atoms with Crippen molar-refractivity contribution in [3.63, 3.8) is 0 Å². The summed E-state index contributed by atoms with van der Waals surface area (Å²) in [5.74, 6) is 1.72. The van der Waals surface area contributed by atoms with Gasteiger partial charge in [0.25, 0.3) is 0 Å². The number of nitrogens with zero attached hydrogens (tertiary/aromatic N) is 3. The fourth-order valence-corrected chi connectivity index (χ4v) is 2.60. The quantitative estimate of drug-likeness (QED) is 0.855. The maximum Gasteiger partial charge on any atom is 0.217 e. The number of hydrogen-bond acceptors (Lipinski definition) is 5. The Morgan fingerprint density at radius 1 is 1.20 bits per heavy atom. The summed E-state index contributed by atoms with van der Waals surface area (Å²) in [6.45, 7) is 2.27. The van der Waals surface area contributed by atoms with Crippen LogP contribution in [0.15, 0.2) is 0 Å². The first-order valence-electron chi connectivity index (χ1n) is 5.77. The molecule has 1 saturated carbocycles. The van der Waals surface area contributed by atoms with Crippen LogP contribution in [0.1, 0.15) is 43.8 Å². The lowest BCUT2D eigenvalue weighted by atomic mass is 10.2. The molecule has 0 amide bonds. The Kier molecular flexibility index (Phi) is 2.58.